The normalized spacial score (nSPS) is 12.9. The van der Waals surface area contributed by atoms with Crippen molar-refractivity contribution in [3.63, 3.8) is 0 Å². The second kappa shape index (κ2) is 7.27. The van der Waals surface area contributed by atoms with Gasteiger partial charge in [-0.3, -0.25) is 14.2 Å². The molecular weight excluding hydrogens is 291 g/mol. The summed E-state index contributed by atoms with van der Waals surface area (Å²) < 4.78 is 10.6. The van der Waals surface area contributed by atoms with Gasteiger partial charge in [0, 0.05) is 6.20 Å². The molecule has 20 heavy (non-hydrogen) atoms. The second-order valence-corrected chi connectivity index (χ2v) is 5.37. The summed E-state index contributed by atoms with van der Waals surface area (Å²) in [5.74, 6) is -0.481. The zero-order valence-electron chi connectivity index (χ0n) is 10.6. The third-order valence-electron chi connectivity index (χ3n) is 2.10. The first-order chi connectivity index (χ1) is 9.31. The standard InChI is InChI=1S/C9H15N4O6P/c1-2-6(13-19-5-20(16,17)18)8(14)11-7-3-4-10-9(15)12-7/h3-4,6,13H,2,5H2,1H3,(H2,16,17,18)(H2,10,11,12,14,15)/t6-/m0/s1. The number of anilines is 1. The van der Waals surface area contributed by atoms with Crippen LogP contribution in [0.4, 0.5) is 5.82 Å². The molecule has 1 rings (SSSR count). The molecule has 0 unspecified atom stereocenters. The van der Waals surface area contributed by atoms with E-state index in [2.05, 4.69) is 25.6 Å². The van der Waals surface area contributed by atoms with E-state index >= 15 is 0 Å². The van der Waals surface area contributed by atoms with Crippen LogP contribution in [0, 0.1) is 0 Å². The maximum absolute atomic E-state index is 11.8. The number of hydroxylamine groups is 1. The maximum atomic E-state index is 11.8. The fraction of sp³-hybridized carbons (Fsp3) is 0.444. The summed E-state index contributed by atoms with van der Waals surface area (Å²) in [5.41, 5.74) is 1.63. The van der Waals surface area contributed by atoms with Crippen LogP contribution in [0.2, 0.25) is 0 Å². The fourth-order valence-corrected chi connectivity index (χ4v) is 1.44. The molecule has 0 bridgehead atoms. The van der Waals surface area contributed by atoms with Gasteiger partial charge in [0.25, 0.3) is 0 Å². The molecule has 0 saturated heterocycles. The quantitative estimate of drug-likeness (QED) is 0.322. The Morgan fingerprint density at radius 1 is 1.60 bits per heavy atom. The van der Waals surface area contributed by atoms with E-state index in [1.165, 1.54) is 12.3 Å². The Bertz CT molecular complexity index is 555. The number of aromatic nitrogens is 2. The number of nitrogens with one attached hydrogen (secondary N) is 3. The van der Waals surface area contributed by atoms with Crippen LogP contribution >= 0.6 is 7.60 Å². The van der Waals surface area contributed by atoms with Gasteiger partial charge in [0.05, 0.1) is 0 Å². The summed E-state index contributed by atoms with van der Waals surface area (Å²) in [6, 6.07) is 0.547. The molecule has 0 fully saturated rings. The van der Waals surface area contributed by atoms with Crippen molar-refractivity contribution in [2.24, 2.45) is 0 Å². The SMILES string of the molecule is CC[C@H](NOCP(=O)(O)O)C(=O)Nc1cc[nH]c(=O)n1. The number of carbonyl (C=O) groups excluding carboxylic acids is 1. The summed E-state index contributed by atoms with van der Waals surface area (Å²) in [6.07, 6.45) is 0.778. The molecule has 1 amide bonds. The van der Waals surface area contributed by atoms with E-state index in [1.54, 1.807) is 6.92 Å². The Kier molecular flexibility index (Phi) is 5.99. The average molecular weight is 306 g/mol. The first-order valence-corrected chi connectivity index (χ1v) is 7.40. The predicted molar refractivity (Wildman–Crippen MR) is 68.7 cm³/mol. The lowest BCUT2D eigenvalue weighted by molar-refractivity contribution is -0.122. The fourth-order valence-electron chi connectivity index (χ4n) is 1.20. The molecule has 1 heterocycles. The first kappa shape index (κ1) is 16.5. The van der Waals surface area contributed by atoms with Gasteiger partial charge < -0.3 is 20.1 Å². The molecule has 11 heteroatoms. The molecule has 0 aliphatic rings. The Morgan fingerprint density at radius 2 is 2.30 bits per heavy atom. The van der Waals surface area contributed by atoms with E-state index in [9.17, 15) is 14.2 Å². The van der Waals surface area contributed by atoms with Crippen molar-refractivity contribution < 1.29 is 24.0 Å². The molecule has 0 aromatic carbocycles. The van der Waals surface area contributed by atoms with Crippen LogP contribution in [-0.4, -0.2) is 38.1 Å². The number of hydrogen-bond donors (Lipinski definition) is 5. The van der Waals surface area contributed by atoms with Crippen molar-refractivity contribution in [3.05, 3.63) is 22.7 Å². The summed E-state index contributed by atoms with van der Waals surface area (Å²) in [5, 5.41) is 2.37. The number of carbonyl (C=O) groups is 1. The lowest BCUT2D eigenvalue weighted by Crippen LogP contribution is -2.40. The van der Waals surface area contributed by atoms with Crippen molar-refractivity contribution in [2.75, 3.05) is 11.7 Å². The lowest BCUT2D eigenvalue weighted by Gasteiger charge is -2.16. The highest BCUT2D eigenvalue weighted by molar-refractivity contribution is 7.51. The van der Waals surface area contributed by atoms with Gasteiger partial charge in [0.2, 0.25) is 5.91 Å². The van der Waals surface area contributed by atoms with Gasteiger partial charge in [-0.25, -0.2) is 4.79 Å². The lowest BCUT2D eigenvalue weighted by atomic mass is 10.2. The third-order valence-corrected chi connectivity index (χ3v) is 2.57. The Hall–Kier alpha value is -1.58. The van der Waals surface area contributed by atoms with Crippen molar-refractivity contribution in [3.8, 4) is 0 Å². The average Bonchev–Trinajstić information content (AvgIpc) is 2.33. The molecule has 10 nitrogen and oxygen atoms in total. The van der Waals surface area contributed by atoms with E-state index in [4.69, 9.17) is 9.79 Å². The molecule has 112 valence electrons. The molecule has 0 saturated carbocycles. The predicted octanol–water partition coefficient (Wildman–Crippen LogP) is -0.857. The van der Waals surface area contributed by atoms with E-state index in [0.717, 1.165) is 0 Å². The highest BCUT2D eigenvalue weighted by atomic mass is 31.2. The zero-order chi connectivity index (χ0) is 15.2. The van der Waals surface area contributed by atoms with Crippen LogP contribution in [0.15, 0.2) is 17.1 Å². The van der Waals surface area contributed by atoms with Crippen LogP contribution in [0.25, 0.3) is 0 Å². The smallest absolute Gasteiger partial charge is 0.323 e. The van der Waals surface area contributed by atoms with Crippen molar-refractivity contribution in [1.29, 1.82) is 0 Å². The minimum Gasteiger partial charge on any atom is -0.323 e. The molecule has 1 aromatic heterocycles. The van der Waals surface area contributed by atoms with E-state index in [0.29, 0.717) is 6.42 Å². The maximum Gasteiger partial charge on any atom is 0.353 e. The van der Waals surface area contributed by atoms with Gasteiger partial charge in [0.15, 0.2) is 6.35 Å². The number of nitrogens with zero attached hydrogens (tertiary/aromatic N) is 1. The molecule has 0 aliphatic carbocycles. The summed E-state index contributed by atoms with van der Waals surface area (Å²) in [7, 11) is -4.31. The number of H-pyrrole nitrogens is 1. The molecule has 5 N–H and O–H groups in total. The van der Waals surface area contributed by atoms with Crippen LogP contribution in [0.3, 0.4) is 0 Å². The molecule has 0 aliphatic heterocycles. The van der Waals surface area contributed by atoms with E-state index < -0.39 is 31.6 Å². The third kappa shape index (κ3) is 6.04. The minimum atomic E-state index is -4.31. The van der Waals surface area contributed by atoms with E-state index in [1.807, 2.05) is 0 Å². The van der Waals surface area contributed by atoms with Crippen LogP contribution in [-0.2, 0) is 14.2 Å². The number of aromatic amines is 1. The molecule has 1 atom stereocenters. The second-order valence-electron chi connectivity index (χ2n) is 3.79. The van der Waals surface area contributed by atoms with Gasteiger partial charge in [-0.1, -0.05) is 6.92 Å². The molecule has 1 aromatic rings. The summed E-state index contributed by atoms with van der Waals surface area (Å²) in [4.78, 5) is 50.3. The molecule has 0 spiro atoms. The van der Waals surface area contributed by atoms with E-state index in [-0.39, 0.29) is 5.82 Å². The monoisotopic (exact) mass is 306 g/mol. The number of amides is 1. The van der Waals surface area contributed by atoms with Crippen molar-refractivity contribution in [2.45, 2.75) is 19.4 Å². The van der Waals surface area contributed by atoms with Crippen molar-refractivity contribution in [1.82, 2.24) is 15.4 Å². The summed E-state index contributed by atoms with van der Waals surface area (Å²) in [6.45, 7) is 1.67. The molecule has 0 radical (unpaired) electrons. The van der Waals surface area contributed by atoms with Gasteiger partial charge >= 0.3 is 13.3 Å². The largest absolute Gasteiger partial charge is 0.353 e. The topological polar surface area (TPSA) is 154 Å². The van der Waals surface area contributed by atoms with Crippen LogP contribution < -0.4 is 16.5 Å². The van der Waals surface area contributed by atoms with Crippen LogP contribution in [0.5, 0.6) is 0 Å². The Labute approximate surface area is 113 Å². The van der Waals surface area contributed by atoms with Crippen molar-refractivity contribution >= 4 is 19.3 Å². The zero-order valence-corrected chi connectivity index (χ0v) is 11.5. The van der Waals surface area contributed by atoms with Gasteiger partial charge in [-0.2, -0.15) is 10.5 Å². The van der Waals surface area contributed by atoms with Crippen LogP contribution in [0.1, 0.15) is 13.3 Å². The highest BCUT2D eigenvalue weighted by Crippen LogP contribution is 2.33. The first-order valence-electron chi connectivity index (χ1n) is 5.60. The molecular formula is C9H15N4O6P. The highest BCUT2D eigenvalue weighted by Gasteiger charge is 2.19. The Morgan fingerprint density at radius 3 is 2.85 bits per heavy atom. The van der Waals surface area contributed by atoms with Gasteiger partial charge in [-0.05, 0) is 12.5 Å². The number of hydrogen-bond acceptors (Lipinski definition) is 6. The number of rotatable bonds is 7. The summed E-state index contributed by atoms with van der Waals surface area (Å²) >= 11 is 0. The minimum absolute atomic E-state index is 0.0639. The Balaban J connectivity index is 2.54. The van der Waals surface area contributed by atoms with Gasteiger partial charge in [0.1, 0.15) is 11.9 Å². The van der Waals surface area contributed by atoms with Gasteiger partial charge in [-0.15, -0.1) is 0 Å².